The first-order chi connectivity index (χ1) is 29.5. The summed E-state index contributed by atoms with van der Waals surface area (Å²) in [6.45, 7) is 7.91. The molecule has 0 aromatic heterocycles. The second-order valence-corrected chi connectivity index (χ2v) is 14.5. The van der Waals surface area contributed by atoms with Crippen molar-refractivity contribution in [3.63, 3.8) is 0 Å². The molecule has 3 heteroatoms. The molecule has 0 bridgehead atoms. The lowest BCUT2D eigenvalue weighted by Gasteiger charge is -2.11. The van der Waals surface area contributed by atoms with Gasteiger partial charge in [0.1, 0.15) is 0 Å². The largest absolute Gasteiger partial charge is 0.296 e. The molecule has 0 aliphatic carbocycles. The zero-order chi connectivity index (χ0) is 41.5. The van der Waals surface area contributed by atoms with E-state index in [2.05, 4.69) is 193 Å². The van der Waals surface area contributed by atoms with E-state index in [0.29, 0.717) is 5.84 Å². The van der Waals surface area contributed by atoms with Crippen LogP contribution >= 0.6 is 0 Å². The van der Waals surface area contributed by atoms with Crippen LogP contribution in [0.1, 0.15) is 41.2 Å². The first-order valence-corrected chi connectivity index (χ1v) is 20.4. The molecule has 3 nitrogen and oxygen atoms in total. The Morgan fingerprint density at radius 1 is 0.500 bits per heavy atom. The Labute approximate surface area is 355 Å². The van der Waals surface area contributed by atoms with E-state index in [9.17, 15) is 0 Å². The summed E-state index contributed by atoms with van der Waals surface area (Å²) in [6, 6.07) is 70.1. The van der Waals surface area contributed by atoms with E-state index in [1.165, 1.54) is 49.7 Å². The number of nitrogens with zero attached hydrogens (tertiary/aromatic N) is 3. The first-order valence-electron chi connectivity index (χ1n) is 20.4. The van der Waals surface area contributed by atoms with Gasteiger partial charge in [0, 0.05) is 24.4 Å². The minimum Gasteiger partial charge on any atom is -0.296 e. The van der Waals surface area contributed by atoms with E-state index in [4.69, 9.17) is 0 Å². The van der Waals surface area contributed by atoms with Gasteiger partial charge in [-0.2, -0.15) is 0 Å². The van der Waals surface area contributed by atoms with Crippen molar-refractivity contribution in [3.05, 3.63) is 234 Å². The fraction of sp³-hybridized carbons (Fsp3) is 0.0702. The van der Waals surface area contributed by atoms with E-state index in [0.717, 1.165) is 39.9 Å². The van der Waals surface area contributed by atoms with E-state index in [1.807, 2.05) is 67.9 Å². The standard InChI is InChI=1S/C39H31N.C18H18N2/c1-28-22-37(32-14-12-31(13-15-32)36-21-20-30-10-6-7-11-35(30)25-36)26-38(23-28)33-16-18-34(19-17-33)39(27-40-2)24-29-8-4-3-5-9-29;1-3-10-17(15-11-6-4-7-12-15)20-18(19-2)16-13-8-5-9-14-16/h3-27H,1-2H3;4-14H,2-3H2,1H3/b39-24+,40-27?;17-10+,20-18?. The van der Waals surface area contributed by atoms with E-state index in [1.54, 1.807) is 0 Å². The normalized spacial score (nSPS) is 11.9. The zero-order valence-electron chi connectivity index (χ0n) is 34.5. The summed E-state index contributed by atoms with van der Waals surface area (Å²) in [5.41, 5.74) is 15.0. The monoisotopic (exact) mass is 775 g/mol. The molecule has 60 heavy (non-hydrogen) atoms. The number of allylic oxidation sites excluding steroid dienone is 2. The van der Waals surface area contributed by atoms with Crippen molar-refractivity contribution >= 4 is 46.9 Å². The zero-order valence-corrected chi connectivity index (χ0v) is 34.5. The van der Waals surface area contributed by atoms with E-state index in [-0.39, 0.29) is 0 Å². The third-order valence-corrected chi connectivity index (χ3v) is 10.2. The molecule has 0 saturated carbocycles. The van der Waals surface area contributed by atoms with Gasteiger partial charge in [-0.1, -0.05) is 201 Å². The molecule has 8 aromatic rings. The number of amidine groups is 1. The molecule has 0 heterocycles. The van der Waals surface area contributed by atoms with Crippen LogP contribution in [0.15, 0.2) is 221 Å². The van der Waals surface area contributed by atoms with Gasteiger partial charge >= 0.3 is 0 Å². The van der Waals surface area contributed by atoms with Gasteiger partial charge in [0.05, 0.1) is 5.70 Å². The lowest BCUT2D eigenvalue weighted by Crippen LogP contribution is -1.97. The predicted molar refractivity (Wildman–Crippen MR) is 261 cm³/mol. The molecule has 8 aromatic carbocycles. The van der Waals surface area contributed by atoms with Crippen molar-refractivity contribution in [2.45, 2.75) is 20.3 Å². The topological polar surface area (TPSA) is 37.1 Å². The molecule has 0 atom stereocenters. The SMILES string of the molecule is C=NC(=N/C(=C/CC)c1ccccc1)c1ccccc1.CN=C/C(=C\c1ccccc1)c1ccc(-c2cc(C)cc(-c3ccc(-c4ccc5ccccc5c4)cc3)c2)cc1. The van der Waals surface area contributed by atoms with Crippen molar-refractivity contribution in [1.82, 2.24) is 0 Å². The molecule has 8 rings (SSSR count). The summed E-state index contributed by atoms with van der Waals surface area (Å²) < 4.78 is 0. The quantitative estimate of drug-likeness (QED) is 0.0754. The molecular formula is C57H49N3. The van der Waals surface area contributed by atoms with Crippen LogP contribution in [0.2, 0.25) is 0 Å². The van der Waals surface area contributed by atoms with Crippen LogP contribution in [0.25, 0.3) is 61.5 Å². The highest BCUT2D eigenvalue weighted by atomic mass is 14.9. The van der Waals surface area contributed by atoms with Crippen molar-refractivity contribution < 1.29 is 0 Å². The maximum absolute atomic E-state index is 4.67. The minimum atomic E-state index is 0.647. The third kappa shape index (κ3) is 10.5. The lowest BCUT2D eigenvalue weighted by atomic mass is 9.94. The second kappa shape index (κ2) is 20.3. The summed E-state index contributed by atoms with van der Waals surface area (Å²) in [5.74, 6) is 0.647. The molecule has 0 N–H and O–H groups in total. The molecule has 0 fully saturated rings. The van der Waals surface area contributed by atoms with Gasteiger partial charge in [-0.05, 0) is 105 Å². The van der Waals surface area contributed by atoms with Crippen molar-refractivity contribution in [2.75, 3.05) is 7.05 Å². The number of hydrogen-bond acceptors (Lipinski definition) is 2. The summed E-state index contributed by atoms with van der Waals surface area (Å²) in [4.78, 5) is 13.0. The van der Waals surface area contributed by atoms with Crippen LogP contribution in [0, 0.1) is 6.92 Å². The fourth-order valence-corrected chi connectivity index (χ4v) is 7.18. The van der Waals surface area contributed by atoms with Gasteiger partial charge < -0.3 is 0 Å². The van der Waals surface area contributed by atoms with Gasteiger partial charge in [0.2, 0.25) is 0 Å². The van der Waals surface area contributed by atoms with Gasteiger partial charge in [-0.25, -0.2) is 9.98 Å². The maximum atomic E-state index is 4.67. The van der Waals surface area contributed by atoms with E-state index < -0.39 is 0 Å². The van der Waals surface area contributed by atoms with Gasteiger partial charge in [0.15, 0.2) is 5.84 Å². The summed E-state index contributed by atoms with van der Waals surface area (Å²) in [6.07, 6.45) is 7.12. The Morgan fingerprint density at radius 3 is 1.60 bits per heavy atom. The molecule has 0 radical (unpaired) electrons. The maximum Gasteiger partial charge on any atom is 0.159 e. The van der Waals surface area contributed by atoms with Crippen LogP contribution in [0.4, 0.5) is 0 Å². The Bertz CT molecular complexity index is 2780. The van der Waals surface area contributed by atoms with Crippen LogP contribution in [-0.4, -0.2) is 25.8 Å². The minimum absolute atomic E-state index is 0.647. The number of aliphatic imine (C=N–C) groups is 3. The Kier molecular flexibility index (Phi) is 13.8. The highest BCUT2D eigenvalue weighted by Crippen LogP contribution is 2.32. The molecular weight excluding hydrogens is 727 g/mol. The van der Waals surface area contributed by atoms with Gasteiger partial charge in [-0.15, -0.1) is 0 Å². The average Bonchev–Trinajstić information content (AvgIpc) is 3.31. The number of aryl methyl sites for hydroxylation is 1. The molecule has 0 amide bonds. The summed E-state index contributed by atoms with van der Waals surface area (Å²) >= 11 is 0. The Balaban J connectivity index is 0.000000229. The van der Waals surface area contributed by atoms with Crippen LogP contribution in [-0.2, 0) is 0 Å². The predicted octanol–water partition coefficient (Wildman–Crippen LogP) is 15.0. The first kappa shape index (κ1) is 40.7. The third-order valence-electron chi connectivity index (χ3n) is 10.2. The van der Waals surface area contributed by atoms with Crippen molar-refractivity contribution in [2.24, 2.45) is 15.0 Å². The Morgan fingerprint density at radius 2 is 1.02 bits per heavy atom. The molecule has 0 unspecified atom stereocenters. The summed E-state index contributed by atoms with van der Waals surface area (Å²) in [5, 5.41) is 2.54. The molecule has 0 spiro atoms. The Hall–Kier alpha value is -7.49. The smallest absolute Gasteiger partial charge is 0.159 e. The molecule has 292 valence electrons. The lowest BCUT2D eigenvalue weighted by molar-refractivity contribution is 1.21. The van der Waals surface area contributed by atoms with Gasteiger partial charge in [0.25, 0.3) is 0 Å². The van der Waals surface area contributed by atoms with Gasteiger partial charge in [-0.3, -0.25) is 4.99 Å². The fourth-order valence-electron chi connectivity index (χ4n) is 7.18. The van der Waals surface area contributed by atoms with Crippen LogP contribution in [0.5, 0.6) is 0 Å². The van der Waals surface area contributed by atoms with Crippen molar-refractivity contribution in [3.8, 4) is 33.4 Å². The number of benzene rings is 8. The summed E-state index contributed by atoms with van der Waals surface area (Å²) in [7, 11) is 1.82. The number of fused-ring (bicyclic) bond motifs is 1. The van der Waals surface area contributed by atoms with Crippen molar-refractivity contribution in [1.29, 1.82) is 0 Å². The highest BCUT2D eigenvalue weighted by Gasteiger charge is 2.08. The van der Waals surface area contributed by atoms with Crippen LogP contribution < -0.4 is 0 Å². The second-order valence-electron chi connectivity index (χ2n) is 14.5. The molecule has 0 aliphatic rings. The number of rotatable bonds is 10. The average molecular weight is 776 g/mol. The highest BCUT2D eigenvalue weighted by molar-refractivity contribution is 6.15. The molecule has 0 aliphatic heterocycles. The van der Waals surface area contributed by atoms with E-state index >= 15 is 0 Å². The number of hydrogen-bond donors (Lipinski definition) is 0. The van der Waals surface area contributed by atoms with Crippen LogP contribution in [0.3, 0.4) is 0 Å². The molecule has 0 saturated heterocycles.